The van der Waals surface area contributed by atoms with Gasteiger partial charge in [-0.3, -0.25) is 0 Å². The summed E-state index contributed by atoms with van der Waals surface area (Å²) in [5.41, 5.74) is 3.68. The average molecular weight is 283 g/mol. The number of anilines is 1. The van der Waals surface area contributed by atoms with Crippen LogP contribution in [0.25, 0.3) is 0 Å². The second kappa shape index (κ2) is 7.77. The van der Waals surface area contributed by atoms with Crippen LogP contribution in [-0.4, -0.2) is 16.5 Å². The Kier molecular flexibility index (Phi) is 5.73. The van der Waals surface area contributed by atoms with Crippen molar-refractivity contribution >= 4 is 5.82 Å². The fourth-order valence-electron chi connectivity index (χ4n) is 2.39. The van der Waals surface area contributed by atoms with Gasteiger partial charge in [0.2, 0.25) is 0 Å². The smallest absolute Gasteiger partial charge is 0.132 e. The molecule has 0 amide bonds. The summed E-state index contributed by atoms with van der Waals surface area (Å²) in [7, 11) is 0. The normalized spacial score (nSPS) is 10.6. The van der Waals surface area contributed by atoms with Gasteiger partial charge >= 0.3 is 0 Å². The Labute approximate surface area is 127 Å². The Balaban J connectivity index is 2.14. The summed E-state index contributed by atoms with van der Waals surface area (Å²) in [4.78, 5) is 9.43. The molecule has 3 nitrogen and oxygen atoms in total. The Hall–Kier alpha value is -1.90. The van der Waals surface area contributed by atoms with Gasteiger partial charge in [-0.2, -0.15) is 0 Å². The predicted octanol–water partition coefficient (Wildman–Crippen LogP) is 3.95. The summed E-state index contributed by atoms with van der Waals surface area (Å²) in [5, 5.41) is 3.42. The first-order valence-corrected chi connectivity index (χ1v) is 7.88. The van der Waals surface area contributed by atoms with Gasteiger partial charge in [-0.05, 0) is 31.7 Å². The summed E-state index contributed by atoms with van der Waals surface area (Å²) in [6.07, 6.45) is 3.93. The highest BCUT2D eigenvalue weighted by Gasteiger charge is 2.09. The van der Waals surface area contributed by atoms with Crippen LogP contribution in [0.3, 0.4) is 0 Å². The topological polar surface area (TPSA) is 37.8 Å². The Bertz CT molecular complexity index is 564. The minimum absolute atomic E-state index is 0.887. The van der Waals surface area contributed by atoms with E-state index in [1.54, 1.807) is 0 Å². The molecule has 0 saturated carbocycles. The zero-order valence-corrected chi connectivity index (χ0v) is 13.3. The van der Waals surface area contributed by atoms with Crippen molar-refractivity contribution in [1.82, 2.24) is 9.97 Å². The van der Waals surface area contributed by atoms with Crippen LogP contribution in [0, 0.1) is 6.92 Å². The van der Waals surface area contributed by atoms with Crippen LogP contribution >= 0.6 is 0 Å². The fraction of sp³-hybridized carbons (Fsp3) is 0.444. The number of aromatic nitrogens is 2. The van der Waals surface area contributed by atoms with Crippen LogP contribution in [-0.2, 0) is 19.3 Å². The molecule has 0 saturated heterocycles. The summed E-state index contributed by atoms with van der Waals surface area (Å²) in [6.45, 7) is 7.39. The first-order valence-electron chi connectivity index (χ1n) is 7.88. The van der Waals surface area contributed by atoms with Crippen molar-refractivity contribution in [2.24, 2.45) is 0 Å². The highest BCUT2D eigenvalue weighted by molar-refractivity contribution is 5.45. The fourth-order valence-corrected chi connectivity index (χ4v) is 2.39. The van der Waals surface area contributed by atoms with Crippen molar-refractivity contribution in [1.29, 1.82) is 0 Å². The highest BCUT2D eigenvalue weighted by Crippen LogP contribution is 2.17. The third-order valence-corrected chi connectivity index (χ3v) is 3.65. The minimum atomic E-state index is 0.887. The monoisotopic (exact) mass is 283 g/mol. The Morgan fingerprint density at radius 1 is 1.00 bits per heavy atom. The third kappa shape index (κ3) is 4.28. The number of nitrogens with one attached hydrogen (secondary N) is 1. The van der Waals surface area contributed by atoms with Gasteiger partial charge in [0.15, 0.2) is 0 Å². The number of benzene rings is 1. The number of rotatable bonds is 7. The van der Waals surface area contributed by atoms with Crippen LogP contribution in [0.1, 0.15) is 42.9 Å². The molecule has 0 atom stereocenters. The van der Waals surface area contributed by atoms with E-state index >= 15 is 0 Å². The maximum atomic E-state index is 4.72. The van der Waals surface area contributed by atoms with Crippen LogP contribution in [0.2, 0.25) is 0 Å². The van der Waals surface area contributed by atoms with Gasteiger partial charge in [0, 0.05) is 24.2 Å². The van der Waals surface area contributed by atoms with Crippen molar-refractivity contribution < 1.29 is 0 Å². The average Bonchev–Trinajstić information content (AvgIpc) is 2.53. The second-order valence-electron chi connectivity index (χ2n) is 5.33. The zero-order chi connectivity index (χ0) is 15.1. The molecule has 1 aromatic carbocycles. The zero-order valence-electron chi connectivity index (χ0n) is 13.3. The molecule has 1 aromatic heterocycles. The van der Waals surface area contributed by atoms with E-state index in [4.69, 9.17) is 9.97 Å². The summed E-state index contributed by atoms with van der Waals surface area (Å²) < 4.78 is 0. The number of hydrogen-bond donors (Lipinski definition) is 1. The van der Waals surface area contributed by atoms with E-state index in [0.29, 0.717) is 0 Å². The standard InChI is InChI=1S/C18H25N3/c1-4-13-19-18-14(3)16(5-2)20-17(21-18)12-11-15-9-7-6-8-10-15/h6-10H,4-5,11-13H2,1-3H3,(H,19,20,21). The van der Waals surface area contributed by atoms with Crippen molar-refractivity contribution in [3.63, 3.8) is 0 Å². The van der Waals surface area contributed by atoms with E-state index in [1.165, 1.54) is 11.1 Å². The summed E-state index contributed by atoms with van der Waals surface area (Å²) in [6, 6.07) is 10.5. The van der Waals surface area contributed by atoms with Crippen LogP contribution in [0.5, 0.6) is 0 Å². The maximum Gasteiger partial charge on any atom is 0.132 e. The molecule has 0 unspecified atom stereocenters. The maximum absolute atomic E-state index is 4.72. The molecule has 2 rings (SSSR count). The lowest BCUT2D eigenvalue weighted by atomic mass is 10.1. The molecular weight excluding hydrogens is 258 g/mol. The molecule has 21 heavy (non-hydrogen) atoms. The molecule has 2 aromatic rings. The first kappa shape index (κ1) is 15.5. The predicted molar refractivity (Wildman–Crippen MR) is 88.8 cm³/mol. The quantitative estimate of drug-likeness (QED) is 0.836. The van der Waals surface area contributed by atoms with Crippen molar-refractivity contribution in [2.45, 2.75) is 46.5 Å². The van der Waals surface area contributed by atoms with E-state index in [0.717, 1.165) is 49.6 Å². The first-order chi connectivity index (χ1) is 10.2. The molecule has 0 radical (unpaired) electrons. The van der Waals surface area contributed by atoms with Gasteiger partial charge in [-0.25, -0.2) is 9.97 Å². The van der Waals surface area contributed by atoms with Gasteiger partial charge in [0.05, 0.1) is 0 Å². The van der Waals surface area contributed by atoms with Gasteiger partial charge in [0.1, 0.15) is 11.6 Å². The molecule has 0 bridgehead atoms. The van der Waals surface area contributed by atoms with Gasteiger partial charge in [0.25, 0.3) is 0 Å². The molecular formula is C18H25N3. The van der Waals surface area contributed by atoms with Crippen LogP contribution < -0.4 is 5.32 Å². The lowest BCUT2D eigenvalue weighted by molar-refractivity contribution is 0.820. The van der Waals surface area contributed by atoms with E-state index in [9.17, 15) is 0 Å². The van der Waals surface area contributed by atoms with Gasteiger partial charge < -0.3 is 5.32 Å². The van der Waals surface area contributed by atoms with Crippen LogP contribution in [0.15, 0.2) is 30.3 Å². The lowest BCUT2D eigenvalue weighted by Gasteiger charge is -2.13. The molecule has 3 heteroatoms. The molecule has 0 aliphatic carbocycles. The number of aryl methyl sites for hydroxylation is 3. The van der Waals surface area contributed by atoms with Crippen LogP contribution in [0.4, 0.5) is 5.82 Å². The van der Waals surface area contributed by atoms with E-state index in [2.05, 4.69) is 50.4 Å². The number of nitrogens with zero attached hydrogens (tertiary/aromatic N) is 2. The second-order valence-corrected chi connectivity index (χ2v) is 5.33. The van der Waals surface area contributed by atoms with Gasteiger partial charge in [-0.1, -0.05) is 44.2 Å². The highest BCUT2D eigenvalue weighted by atomic mass is 15.0. The molecule has 0 aliphatic heterocycles. The Morgan fingerprint density at radius 2 is 1.76 bits per heavy atom. The molecule has 0 aliphatic rings. The molecule has 0 spiro atoms. The molecule has 1 heterocycles. The largest absolute Gasteiger partial charge is 0.370 e. The number of hydrogen-bond acceptors (Lipinski definition) is 3. The SMILES string of the molecule is CCCNc1nc(CCc2ccccc2)nc(CC)c1C. The van der Waals surface area contributed by atoms with Crippen molar-refractivity contribution in [3.8, 4) is 0 Å². The summed E-state index contributed by atoms with van der Waals surface area (Å²) >= 11 is 0. The van der Waals surface area contributed by atoms with Crippen molar-refractivity contribution in [3.05, 3.63) is 53.0 Å². The molecule has 112 valence electrons. The van der Waals surface area contributed by atoms with Gasteiger partial charge in [-0.15, -0.1) is 0 Å². The van der Waals surface area contributed by atoms with Crippen molar-refractivity contribution in [2.75, 3.05) is 11.9 Å². The summed E-state index contributed by atoms with van der Waals surface area (Å²) in [5.74, 6) is 1.95. The molecule has 1 N–H and O–H groups in total. The third-order valence-electron chi connectivity index (χ3n) is 3.65. The lowest BCUT2D eigenvalue weighted by Crippen LogP contribution is -2.11. The molecule has 0 fully saturated rings. The Morgan fingerprint density at radius 3 is 2.43 bits per heavy atom. The minimum Gasteiger partial charge on any atom is -0.370 e. The van der Waals surface area contributed by atoms with E-state index in [-0.39, 0.29) is 0 Å². The van der Waals surface area contributed by atoms with E-state index in [1.807, 2.05) is 6.07 Å². The van der Waals surface area contributed by atoms with E-state index < -0.39 is 0 Å².